The molecule has 0 saturated heterocycles. The molecule has 0 spiro atoms. The number of rotatable bonds is 1. The van der Waals surface area contributed by atoms with Gasteiger partial charge < -0.3 is 5.32 Å². The van der Waals surface area contributed by atoms with Crippen molar-refractivity contribution in [3.8, 4) is 0 Å². The van der Waals surface area contributed by atoms with Gasteiger partial charge in [0.25, 0.3) is 0 Å². The molecule has 0 aromatic rings. The summed E-state index contributed by atoms with van der Waals surface area (Å²) in [7, 11) is 1.84. The Bertz CT molecular complexity index is 187. The number of nitrogens with one attached hydrogen (secondary N) is 1. The van der Waals surface area contributed by atoms with Crippen molar-refractivity contribution in [1.29, 1.82) is 0 Å². The quantitative estimate of drug-likeness (QED) is 0.602. The summed E-state index contributed by atoms with van der Waals surface area (Å²) < 4.78 is 0. The number of amides is 1. The van der Waals surface area contributed by atoms with Crippen LogP contribution in [-0.4, -0.2) is 24.4 Å². The van der Waals surface area contributed by atoms with Crippen LogP contribution in [0.4, 0.5) is 0 Å². The van der Waals surface area contributed by atoms with Crippen molar-refractivity contribution in [2.45, 2.75) is 19.8 Å². The highest BCUT2D eigenvalue weighted by molar-refractivity contribution is 5.75. The van der Waals surface area contributed by atoms with Crippen LogP contribution in [0.3, 0.4) is 0 Å². The molecule has 1 aliphatic rings. The minimum atomic E-state index is 0.116. The van der Waals surface area contributed by atoms with Crippen LogP contribution < -0.4 is 5.32 Å². The average Bonchev–Trinajstić information content (AvgIpc) is 2.04. The molecule has 1 heterocycles. The molecule has 1 rings (SSSR count). The molecule has 0 aliphatic carbocycles. The van der Waals surface area contributed by atoms with Crippen LogP contribution in [0.25, 0.3) is 0 Å². The van der Waals surface area contributed by atoms with Crippen LogP contribution in [0.15, 0.2) is 11.9 Å². The molecule has 1 N–H and O–H groups in total. The molecule has 0 fully saturated rings. The Balaban J connectivity index is 2.69. The zero-order valence-corrected chi connectivity index (χ0v) is 7.05. The SMILES string of the molecule is CNC1=CCCCN1C(C)=O. The van der Waals surface area contributed by atoms with Gasteiger partial charge in [-0.05, 0) is 18.9 Å². The van der Waals surface area contributed by atoms with E-state index >= 15 is 0 Å². The Hall–Kier alpha value is -0.990. The maximum Gasteiger partial charge on any atom is 0.224 e. The van der Waals surface area contributed by atoms with E-state index in [-0.39, 0.29) is 5.91 Å². The van der Waals surface area contributed by atoms with Crippen LogP contribution in [0.1, 0.15) is 19.8 Å². The Morgan fingerprint density at radius 2 is 2.45 bits per heavy atom. The molecule has 3 heteroatoms. The summed E-state index contributed by atoms with van der Waals surface area (Å²) >= 11 is 0. The van der Waals surface area contributed by atoms with E-state index in [1.54, 1.807) is 11.8 Å². The fraction of sp³-hybridized carbons (Fsp3) is 0.625. The lowest BCUT2D eigenvalue weighted by atomic mass is 10.2. The average molecular weight is 154 g/mol. The zero-order valence-electron chi connectivity index (χ0n) is 7.05. The van der Waals surface area contributed by atoms with Crippen molar-refractivity contribution in [2.24, 2.45) is 0 Å². The summed E-state index contributed by atoms with van der Waals surface area (Å²) in [5.41, 5.74) is 0. The molecule has 0 bridgehead atoms. The zero-order chi connectivity index (χ0) is 8.27. The summed E-state index contributed by atoms with van der Waals surface area (Å²) in [5, 5.41) is 3.00. The lowest BCUT2D eigenvalue weighted by molar-refractivity contribution is -0.127. The third-order valence-corrected chi connectivity index (χ3v) is 1.85. The first-order valence-electron chi connectivity index (χ1n) is 3.91. The van der Waals surface area contributed by atoms with Gasteiger partial charge in [-0.15, -0.1) is 0 Å². The highest BCUT2D eigenvalue weighted by Crippen LogP contribution is 2.11. The van der Waals surface area contributed by atoms with E-state index in [1.807, 2.05) is 7.05 Å². The Kier molecular flexibility index (Phi) is 2.52. The van der Waals surface area contributed by atoms with Gasteiger partial charge in [-0.2, -0.15) is 0 Å². The van der Waals surface area contributed by atoms with Gasteiger partial charge >= 0.3 is 0 Å². The first-order chi connectivity index (χ1) is 5.25. The van der Waals surface area contributed by atoms with E-state index in [0.717, 1.165) is 25.2 Å². The molecule has 0 aromatic carbocycles. The first kappa shape index (κ1) is 8.11. The molecule has 0 atom stereocenters. The van der Waals surface area contributed by atoms with Gasteiger partial charge in [0.05, 0.1) is 0 Å². The number of hydrogen-bond donors (Lipinski definition) is 1. The van der Waals surface area contributed by atoms with Crippen molar-refractivity contribution >= 4 is 5.91 Å². The van der Waals surface area contributed by atoms with E-state index in [9.17, 15) is 4.79 Å². The summed E-state index contributed by atoms with van der Waals surface area (Å²) in [6.45, 7) is 2.44. The van der Waals surface area contributed by atoms with Crippen LogP contribution in [0.5, 0.6) is 0 Å². The number of nitrogens with zero attached hydrogens (tertiary/aromatic N) is 1. The molecular formula is C8H14N2O. The summed E-state index contributed by atoms with van der Waals surface area (Å²) in [6, 6.07) is 0. The predicted octanol–water partition coefficient (Wildman–Crippen LogP) is 0.690. The second-order valence-electron chi connectivity index (χ2n) is 2.65. The maximum atomic E-state index is 11.0. The van der Waals surface area contributed by atoms with E-state index < -0.39 is 0 Å². The Labute approximate surface area is 67.1 Å². The van der Waals surface area contributed by atoms with Gasteiger partial charge in [-0.3, -0.25) is 9.69 Å². The molecule has 62 valence electrons. The third-order valence-electron chi connectivity index (χ3n) is 1.85. The van der Waals surface area contributed by atoms with Gasteiger partial charge in [0.1, 0.15) is 5.82 Å². The topological polar surface area (TPSA) is 32.3 Å². The van der Waals surface area contributed by atoms with Gasteiger partial charge in [0.2, 0.25) is 5.91 Å². The minimum Gasteiger partial charge on any atom is -0.375 e. The molecule has 0 aromatic heterocycles. The van der Waals surface area contributed by atoms with E-state index in [0.29, 0.717) is 0 Å². The number of allylic oxidation sites excluding steroid dienone is 1. The van der Waals surface area contributed by atoms with Crippen LogP contribution >= 0.6 is 0 Å². The summed E-state index contributed by atoms with van der Waals surface area (Å²) in [4.78, 5) is 12.8. The van der Waals surface area contributed by atoms with Crippen LogP contribution in [-0.2, 0) is 4.79 Å². The minimum absolute atomic E-state index is 0.116. The number of hydrogen-bond acceptors (Lipinski definition) is 2. The van der Waals surface area contributed by atoms with Crippen molar-refractivity contribution in [2.75, 3.05) is 13.6 Å². The highest BCUT2D eigenvalue weighted by atomic mass is 16.2. The highest BCUT2D eigenvalue weighted by Gasteiger charge is 2.15. The number of carbonyl (C=O) groups is 1. The van der Waals surface area contributed by atoms with Gasteiger partial charge in [-0.25, -0.2) is 0 Å². The fourth-order valence-electron chi connectivity index (χ4n) is 1.28. The molecular weight excluding hydrogens is 140 g/mol. The molecule has 0 saturated carbocycles. The van der Waals surface area contributed by atoms with Gasteiger partial charge in [0, 0.05) is 20.5 Å². The van der Waals surface area contributed by atoms with Crippen molar-refractivity contribution in [3.05, 3.63) is 11.9 Å². The summed E-state index contributed by atoms with van der Waals surface area (Å²) in [6.07, 6.45) is 4.20. The molecule has 1 amide bonds. The molecule has 3 nitrogen and oxygen atoms in total. The third kappa shape index (κ3) is 1.73. The molecule has 11 heavy (non-hydrogen) atoms. The smallest absolute Gasteiger partial charge is 0.224 e. The van der Waals surface area contributed by atoms with Gasteiger partial charge in [0.15, 0.2) is 0 Å². The Morgan fingerprint density at radius 1 is 1.73 bits per heavy atom. The van der Waals surface area contributed by atoms with Crippen molar-refractivity contribution in [1.82, 2.24) is 10.2 Å². The lowest BCUT2D eigenvalue weighted by Gasteiger charge is -2.26. The van der Waals surface area contributed by atoms with E-state index in [1.165, 1.54) is 0 Å². The second-order valence-corrected chi connectivity index (χ2v) is 2.65. The van der Waals surface area contributed by atoms with Crippen LogP contribution in [0, 0.1) is 0 Å². The maximum absolute atomic E-state index is 11.0. The van der Waals surface area contributed by atoms with E-state index in [2.05, 4.69) is 11.4 Å². The number of carbonyl (C=O) groups excluding carboxylic acids is 1. The van der Waals surface area contributed by atoms with Crippen molar-refractivity contribution in [3.63, 3.8) is 0 Å². The normalized spacial score (nSPS) is 17.6. The van der Waals surface area contributed by atoms with Gasteiger partial charge in [-0.1, -0.05) is 0 Å². The molecule has 0 unspecified atom stereocenters. The monoisotopic (exact) mass is 154 g/mol. The van der Waals surface area contributed by atoms with E-state index in [4.69, 9.17) is 0 Å². The standard InChI is InChI=1S/C8H14N2O/c1-7(11)10-6-4-3-5-8(10)9-2/h5,9H,3-4,6H2,1-2H3. The van der Waals surface area contributed by atoms with Crippen molar-refractivity contribution < 1.29 is 4.79 Å². The summed E-state index contributed by atoms with van der Waals surface area (Å²) in [5.74, 6) is 1.06. The molecule has 1 aliphatic heterocycles. The Morgan fingerprint density at radius 3 is 2.91 bits per heavy atom. The second kappa shape index (κ2) is 3.42. The first-order valence-corrected chi connectivity index (χ1v) is 3.91. The largest absolute Gasteiger partial charge is 0.375 e. The fourth-order valence-corrected chi connectivity index (χ4v) is 1.28. The van der Waals surface area contributed by atoms with Crippen LogP contribution in [0.2, 0.25) is 0 Å². The lowest BCUT2D eigenvalue weighted by Crippen LogP contribution is -2.36. The molecule has 0 radical (unpaired) electrons. The predicted molar refractivity (Wildman–Crippen MR) is 43.8 cm³/mol.